The Hall–Kier alpha value is -2.64. The van der Waals surface area contributed by atoms with Gasteiger partial charge in [0.2, 0.25) is 0 Å². The highest BCUT2D eigenvalue weighted by atomic mass is 16.5. The molecule has 1 amide bonds. The molecular weight excluding hydrogens is 404 g/mol. The lowest BCUT2D eigenvalue weighted by Gasteiger charge is -2.43. The summed E-state index contributed by atoms with van der Waals surface area (Å²) in [6, 6.07) is 8.01. The van der Waals surface area contributed by atoms with E-state index in [2.05, 4.69) is 29.2 Å². The van der Waals surface area contributed by atoms with Crippen molar-refractivity contribution in [3.05, 3.63) is 41.0 Å². The van der Waals surface area contributed by atoms with E-state index in [0.717, 1.165) is 67.6 Å². The molecule has 0 radical (unpaired) electrons. The molecule has 1 aromatic carbocycles. The van der Waals surface area contributed by atoms with Crippen LogP contribution in [0.3, 0.4) is 0 Å². The fourth-order valence-corrected chi connectivity index (χ4v) is 5.60. The number of para-hydroxylation sites is 2. The summed E-state index contributed by atoms with van der Waals surface area (Å²) in [5.41, 5.74) is 10.9. The number of primary amides is 1. The van der Waals surface area contributed by atoms with Gasteiger partial charge in [-0.25, -0.2) is 4.98 Å². The van der Waals surface area contributed by atoms with E-state index in [1.807, 2.05) is 18.2 Å². The van der Waals surface area contributed by atoms with Crippen LogP contribution in [0.4, 0.5) is 5.82 Å². The highest BCUT2D eigenvalue weighted by Crippen LogP contribution is 2.44. The molecule has 0 bridgehead atoms. The number of piperidine rings is 1. The van der Waals surface area contributed by atoms with Crippen LogP contribution in [0.1, 0.15) is 54.6 Å². The van der Waals surface area contributed by atoms with E-state index in [0.29, 0.717) is 11.2 Å². The minimum atomic E-state index is -0.487. The number of rotatable bonds is 4. The lowest BCUT2D eigenvalue weighted by atomic mass is 9.73. The van der Waals surface area contributed by atoms with Crippen molar-refractivity contribution < 1.29 is 14.6 Å². The van der Waals surface area contributed by atoms with Crippen molar-refractivity contribution in [3.63, 3.8) is 0 Å². The molecule has 170 valence electrons. The van der Waals surface area contributed by atoms with Crippen LogP contribution in [0.2, 0.25) is 0 Å². The maximum absolute atomic E-state index is 12.7. The zero-order valence-corrected chi connectivity index (χ0v) is 19.1. The second-order valence-electron chi connectivity index (χ2n) is 10.2. The molecule has 7 heteroatoms. The quantitative estimate of drug-likeness (QED) is 0.656. The van der Waals surface area contributed by atoms with Gasteiger partial charge in [0, 0.05) is 20.2 Å². The van der Waals surface area contributed by atoms with Gasteiger partial charge in [0.25, 0.3) is 5.91 Å². The van der Waals surface area contributed by atoms with Gasteiger partial charge in [-0.15, -0.1) is 0 Å². The van der Waals surface area contributed by atoms with Crippen molar-refractivity contribution in [2.45, 2.75) is 51.6 Å². The monoisotopic (exact) mass is 436 g/mol. The Labute approximate surface area is 188 Å². The zero-order valence-electron chi connectivity index (χ0n) is 19.1. The molecule has 0 unspecified atom stereocenters. The van der Waals surface area contributed by atoms with Crippen LogP contribution in [-0.4, -0.2) is 52.8 Å². The predicted molar refractivity (Wildman–Crippen MR) is 125 cm³/mol. The number of imidazole rings is 1. The predicted octanol–water partition coefficient (Wildman–Crippen LogP) is 3.08. The van der Waals surface area contributed by atoms with Gasteiger partial charge in [0.15, 0.2) is 5.65 Å². The SMILES string of the molecule is COC1(CO)CCN(c2c3c(c(C(N)=O)c4nc5ccccc5n24)CCC(C)(C)C3)CC1. The van der Waals surface area contributed by atoms with E-state index in [-0.39, 0.29) is 12.0 Å². The molecule has 1 saturated heterocycles. The molecule has 32 heavy (non-hydrogen) atoms. The number of nitrogens with two attached hydrogens (primary N) is 1. The van der Waals surface area contributed by atoms with Crippen molar-refractivity contribution in [2.24, 2.45) is 11.1 Å². The molecule has 5 rings (SSSR count). The zero-order chi connectivity index (χ0) is 22.7. The molecule has 0 atom stereocenters. The fourth-order valence-electron chi connectivity index (χ4n) is 5.60. The maximum atomic E-state index is 12.7. The lowest BCUT2D eigenvalue weighted by Crippen LogP contribution is -2.49. The van der Waals surface area contributed by atoms with Gasteiger partial charge >= 0.3 is 0 Å². The number of nitrogens with zero attached hydrogens (tertiary/aromatic N) is 3. The number of aliphatic hydroxyl groups excluding tert-OH is 1. The number of anilines is 1. The minimum Gasteiger partial charge on any atom is -0.393 e. The minimum absolute atomic E-state index is 0.0203. The highest BCUT2D eigenvalue weighted by Gasteiger charge is 2.38. The van der Waals surface area contributed by atoms with Crippen LogP contribution in [0.25, 0.3) is 16.7 Å². The number of aromatic nitrogens is 2. The normalized spacial score (nSPS) is 19.9. The summed E-state index contributed by atoms with van der Waals surface area (Å²) < 4.78 is 7.84. The second-order valence-corrected chi connectivity index (χ2v) is 10.2. The largest absolute Gasteiger partial charge is 0.393 e. The number of amides is 1. The summed E-state index contributed by atoms with van der Waals surface area (Å²) in [6.07, 6.45) is 4.19. The molecule has 3 N–H and O–H groups in total. The average Bonchev–Trinajstić information content (AvgIpc) is 3.15. The van der Waals surface area contributed by atoms with E-state index in [1.54, 1.807) is 7.11 Å². The number of aliphatic hydroxyl groups is 1. The van der Waals surface area contributed by atoms with Gasteiger partial charge in [-0.1, -0.05) is 26.0 Å². The summed E-state index contributed by atoms with van der Waals surface area (Å²) in [6.45, 7) is 6.12. The van der Waals surface area contributed by atoms with Gasteiger partial charge in [0.1, 0.15) is 5.82 Å². The van der Waals surface area contributed by atoms with E-state index in [4.69, 9.17) is 15.5 Å². The number of hydrogen-bond donors (Lipinski definition) is 2. The third-order valence-corrected chi connectivity index (χ3v) is 7.58. The number of carbonyl (C=O) groups is 1. The maximum Gasteiger partial charge on any atom is 0.252 e. The number of carbonyl (C=O) groups excluding carboxylic acids is 1. The standard InChI is InChI=1S/C25H32N4O3/c1-24(2)9-8-16-17(14-24)23(28-12-10-25(15-30,32-3)11-13-28)29-19-7-5-4-6-18(19)27-22(29)20(16)21(26)31/h4-7,30H,8-15H2,1-3H3,(H2,26,31). The van der Waals surface area contributed by atoms with Crippen molar-refractivity contribution in [3.8, 4) is 0 Å². The molecule has 2 aliphatic rings. The van der Waals surface area contributed by atoms with Crippen molar-refractivity contribution in [1.82, 2.24) is 9.38 Å². The third-order valence-electron chi connectivity index (χ3n) is 7.58. The molecule has 1 aliphatic heterocycles. The first-order valence-corrected chi connectivity index (χ1v) is 11.4. The van der Waals surface area contributed by atoms with Crippen LogP contribution in [-0.2, 0) is 17.6 Å². The summed E-state index contributed by atoms with van der Waals surface area (Å²) in [4.78, 5) is 19.9. The fraction of sp³-hybridized carbons (Fsp3) is 0.520. The number of ether oxygens (including phenoxy) is 1. The summed E-state index contributed by atoms with van der Waals surface area (Å²) in [7, 11) is 1.68. The molecule has 3 heterocycles. The summed E-state index contributed by atoms with van der Waals surface area (Å²) >= 11 is 0. The van der Waals surface area contributed by atoms with E-state index >= 15 is 0 Å². The van der Waals surface area contributed by atoms with Gasteiger partial charge in [-0.05, 0) is 60.8 Å². The van der Waals surface area contributed by atoms with Crippen LogP contribution < -0.4 is 10.6 Å². The third kappa shape index (κ3) is 3.18. The molecule has 7 nitrogen and oxygen atoms in total. The first kappa shape index (κ1) is 21.2. The molecular formula is C25H32N4O3. The average molecular weight is 437 g/mol. The van der Waals surface area contributed by atoms with E-state index < -0.39 is 11.5 Å². The second kappa shape index (κ2) is 7.46. The number of benzene rings is 1. The van der Waals surface area contributed by atoms with E-state index in [1.165, 1.54) is 5.56 Å². The van der Waals surface area contributed by atoms with Gasteiger partial charge in [-0.3, -0.25) is 9.20 Å². The summed E-state index contributed by atoms with van der Waals surface area (Å²) in [5, 5.41) is 9.93. The highest BCUT2D eigenvalue weighted by molar-refractivity contribution is 6.03. The first-order chi connectivity index (χ1) is 15.3. The Bertz CT molecular complexity index is 1200. The smallest absolute Gasteiger partial charge is 0.252 e. The van der Waals surface area contributed by atoms with Crippen LogP contribution in [0.15, 0.2) is 24.3 Å². The Morgan fingerprint density at radius 2 is 1.91 bits per heavy atom. The van der Waals surface area contributed by atoms with Crippen LogP contribution in [0.5, 0.6) is 0 Å². The summed E-state index contributed by atoms with van der Waals surface area (Å²) in [5.74, 6) is 0.703. The van der Waals surface area contributed by atoms with Gasteiger partial charge < -0.3 is 20.5 Å². The Morgan fingerprint density at radius 3 is 2.56 bits per heavy atom. The number of pyridine rings is 1. The first-order valence-electron chi connectivity index (χ1n) is 11.4. The van der Waals surface area contributed by atoms with Gasteiger partial charge in [0.05, 0.1) is 28.8 Å². The van der Waals surface area contributed by atoms with Crippen molar-refractivity contribution in [1.29, 1.82) is 0 Å². The topological polar surface area (TPSA) is 93.1 Å². The molecule has 0 spiro atoms. The molecule has 1 aliphatic carbocycles. The molecule has 2 aromatic heterocycles. The molecule has 0 saturated carbocycles. The van der Waals surface area contributed by atoms with E-state index in [9.17, 15) is 9.90 Å². The number of hydrogen-bond acceptors (Lipinski definition) is 5. The Morgan fingerprint density at radius 1 is 1.19 bits per heavy atom. The number of methoxy groups -OCH3 is 1. The molecule has 3 aromatic rings. The van der Waals surface area contributed by atoms with Crippen LogP contribution in [0, 0.1) is 5.41 Å². The lowest BCUT2D eigenvalue weighted by molar-refractivity contribution is -0.0673. The van der Waals surface area contributed by atoms with Gasteiger partial charge in [-0.2, -0.15) is 0 Å². The van der Waals surface area contributed by atoms with Crippen molar-refractivity contribution >= 4 is 28.4 Å². The Kier molecular flexibility index (Phi) is 4.94. The van der Waals surface area contributed by atoms with Crippen LogP contribution >= 0.6 is 0 Å². The molecule has 1 fully saturated rings. The Balaban J connectivity index is 1.80. The van der Waals surface area contributed by atoms with Crippen molar-refractivity contribution in [2.75, 3.05) is 31.7 Å². The number of fused-ring (bicyclic) bond motifs is 4.